The van der Waals surface area contributed by atoms with Crippen LogP contribution < -0.4 is 21.7 Å². The van der Waals surface area contributed by atoms with Crippen LogP contribution in [0, 0.1) is 0 Å². The summed E-state index contributed by atoms with van der Waals surface area (Å²) in [5.41, 5.74) is 3.51. The standard InChI is InChI=1S/C22H23B5ClF2N3O4/c23-15-10(7-32(27)21(37)22(29,30)8-1-3-9(28)4-2-8)16(24)17(25)14-13(15)18(26)33(20(14)36)11-5-6-12(34)31-19(11)35/h1-4,11,18H,5-7,23-27H2,(H,31,34,35). The van der Waals surface area contributed by atoms with E-state index in [-0.39, 0.29) is 36.2 Å². The number of carbonyl (C=O) groups is 4. The summed E-state index contributed by atoms with van der Waals surface area (Å²) in [7, 11) is 8.49. The first-order valence-corrected chi connectivity index (χ1v) is 12.3. The summed E-state index contributed by atoms with van der Waals surface area (Å²) in [4.78, 5) is 53.0. The Kier molecular flexibility index (Phi) is 7.09. The fourth-order valence-electron chi connectivity index (χ4n) is 5.42. The summed E-state index contributed by atoms with van der Waals surface area (Å²) >= 11 is 5.80. The number of benzene rings is 2. The van der Waals surface area contributed by atoms with Crippen molar-refractivity contribution in [2.45, 2.75) is 37.3 Å². The van der Waals surface area contributed by atoms with Gasteiger partial charge in [0, 0.05) is 35.1 Å². The first kappa shape index (κ1) is 27.0. The van der Waals surface area contributed by atoms with Crippen molar-refractivity contribution in [1.29, 1.82) is 0 Å². The molecule has 0 saturated carbocycles. The number of hydrogen-bond donors (Lipinski definition) is 1. The molecule has 0 radical (unpaired) electrons. The van der Waals surface area contributed by atoms with Crippen LogP contribution in [0.4, 0.5) is 8.78 Å². The number of imide groups is 1. The summed E-state index contributed by atoms with van der Waals surface area (Å²) in [5, 5.41) is 2.59. The molecule has 37 heavy (non-hydrogen) atoms. The van der Waals surface area contributed by atoms with E-state index >= 15 is 8.78 Å². The fourth-order valence-corrected chi connectivity index (χ4v) is 5.54. The number of hydrogen-bond acceptors (Lipinski definition) is 4. The van der Waals surface area contributed by atoms with Gasteiger partial charge in [0.2, 0.25) is 19.8 Å². The quantitative estimate of drug-likeness (QED) is 0.319. The Bertz CT molecular complexity index is 1340. The molecular weight excluding hydrogens is 498 g/mol. The third kappa shape index (κ3) is 4.49. The first-order valence-electron chi connectivity index (χ1n) is 12.0. The number of alkyl halides is 2. The van der Waals surface area contributed by atoms with Gasteiger partial charge in [0.25, 0.3) is 11.8 Å². The summed E-state index contributed by atoms with van der Waals surface area (Å²) < 4.78 is 30.0. The van der Waals surface area contributed by atoms with Crippen molar-refractivity contribution >= 4 is 91.0 Å². The molecular formula is C22H23B5ClF2N3O4. The van der Waals surface area contributed by atoms with Gasteiger partial charge < -0.3 is 9.71 Å². The van der Waals surface area contributed by atoms with Gasteiger partial charge in [-0.05, 0) is 29.7 Å². The maximum absolute atomic E-state index is 15.0. The summed E-state index contributed by atoms with van der Waals surface area (Å²) in [6.45, 7) is -0.0902. The lowest BCUT2D eigenvalue weighted by Gasteiger charge is -2.33. The molecule has 2 atom stereocenters. The highest BCUT2D eigenvalue weighted by Gasteiger charge is 2.46. The predicted molar refractivity (Wildman–Crippen MR) is 149 cm³/mol. The van der Waals surface area contributed by atoms with Gasteiger partial charge in [-0.1, -0.05) is 40.1 Å². The molecule has 2 aliphatic heterocycles. The molecule has 0 aromatic heterocycles. The Morgan fingerprint density at radius 3 is 2.32 bits per heavy atom. The normalized spacial score (nSPS) is 19.5. The highest BCUT2D eigenvalue weighted by atomic mass is 35.5. The second-order valence-corrected chi connectivity index (χ2v) is 10.2. The molecule has 2 unspecified atom stereocenters. The number of fused-ring (bicyclic) bond motifs is 1. The van der Waals surface area contributed by atoms with E-state index in [2.05, 4.69) is 5.32 Å². The van der Waals surface area contributed by atoms with Crippen LogP contribution in [0.3, 0.4) is 0 Å². The van der Waals surface area contributed by atoms with E-state index in [0.29, 0.717) is 27.6 Å². The highest BCUT2D eigenvalue weighted by molar-refractivity contribution is 6.54. The van der Waals surface area contributed by atoms with E-state index in [1.54, 1.807) is 23.5 Å². The zero-order valence-corrected chi connectivity index (χ0v) is 22.0. The molecule has 0 aliphatic carbocycles. The Labute approximate surface area is 222 Å². The summed E-state index contributed by atoms with van der Waals surface area (Å²) in [5.74, 6) is -6.76. The molecule has 15 heteroatoms. The lowest BCUT2D eigenvalue weighted by molar-refractivity contribution is -0.154. The van der Waals surface area contributed by atoms with Crippen molar-refractivity contribution in [3.05, 3.63) is 51.5 Å². The van der Waals surface area contributed by atoms with Crippen molar-refractivity contribution in [2.24, 2.45) is 0 Å². The average molecular weight is 521 g/mol. The first-order chi connectivity index (χ1) is 17.3. The smallest absolute Gasteiger partial charge is 0.348 e. The minimum Gasteiger partial charge on any atom is -0.384 e. The number of rotatable bonds is 5. The van der Waals surface area contributed by atoms with Crippen LogP contribution in [0.1, 0.15) is 45.8 Å². The van der Waals surface area contributed by atoms with Crippen molar-refractivity contribution in [3.8, 4) is 0 Å². The summed E-state index contributed by atoms with van der Waals surface area (Å²) in [6.07, 6.45) is 0.371. The van der Waals surface area contributed by atoms with E-state index in [1.165, 1.54) is 25.0 Å². The lowest BCUT2D eigenvalue weighted by Crippen LogP contribution is -2.53. The second kappa shape index (κ2) is 9.70. The van der Waals surface area contributed by atoms with Crippen molar-refractivity contribution < 1.29 is 28.0 Å². The van der Waals surface area contributed by atoms with Crippen LogP contribution in [0.25, 0.3) is 0 Å². The number of carbonyl (C=O) groups excluding carboxylic acids is 4. The second-order valence-electron chi connectivity index (χ2n) is 9.74. The summed E-state index contributed by atoms with van der Waals surface area (Å²) in [6, 6.07) is 4.09. The van der Waals surface area contributed by atoms with Gasteiger partial charge in [0.05, 0.1) is 0 Å². The third-order valence-corrected chi connectivity index (χ3v) is 7.81. The van der Waals surface area contributed by atoms with Gasteiger partial charge in [-0.15, -0.1) is 0 Å². The van der Waals surface area contributed by atoms with Crippen LogP contribution in [-0.4, -0.2) is 78.7 Å². The lowest BCUT2D eigenvalue weighted by atomic mass is 9.66. The molecule has 186 valence electrons. The fraction of sp³-hybridized carbons (Fsp3) is 0.273. The van der Waals surface area contributed by atoms with Crippen LogP contribution in [0.15, 0.2) is 24.3 Å². The van der Waals surface area contributed by atoms with Gasteiger partial charge in [-0.2, -0.15) is 8.78 Å². The predicted octanol–water partition coefficient (Wildman–Crippen LogP) is -4.32. The van der Waals surface area contributed by atoms with Gasteiger partial charge >= 0.3 is 5.92 Å². The Balaban J connectivity index is 1.67. The van der Waals surface area contributed by atoms with Crippen LogP contribution in [0.5, 0.6) is 0 Å². The zero-order valence-electron chi connectivity index (χ0n) is 21.2. The molecule has 2 heterocycles. The number of nitrogens with one attached hydrogen (secondary N) is 1. The van der Waals surface area contributed by atoms with E-state index in [1.807, 2.05) is 7.85 Å². The van der Waals surface area contributed by atoms with E-state index < -0.39 is 35.3 Å². The molecule has 7 nitrogen and oxygen atoms in total. The zero-order chi connectivity index (χ0) is 27.4. The Morgan fingerprint density at radius 2 is 1.73 bits per heavy atom. The molecule has 4 rings (SSSR count). The van der Waals surface area contributed by atoms with Crippen LogP contribution in [-0.2, 0) is 26.9 Å². The van der Waals surface area contributed by atoms with Gasteiger partial charge in [-0.3, -0.25) is 24.5 Å². The number of amides is 4. The minimum atomic E-state index is -3.75. The van der Waals surface area contributed by atoms with E-state index in [9.17, 15) is 19.2 Å². The van der Waals surface area contributed by atoms with Crippen molar-refractivity contribution in [1.82, 2.24) is 15.0 Å². The van der Waals surface area contributed by atoms with E-state index in [4.69, 9.17) is 11.6 Å². The molecule has 1 N–H and O–H groups in total. The van der Waals surface area contributed by atoms with Crippen molar-refractivity contribution in [2.75, 3.05) is 0 Å². The molecule has 0 spiro atoms. The molecule has 1 saturated heterocycles. The van der Waals surface area contributed by atoms with Gasteiger partial charge in [-0.25, -0.2) is 0 Å². The van der Waals surface area contributed by atoms with E-state index in [0.717, 1.165) is 22.4 Å². The largest absolute Gasteiger partial charge is 0.384 e. The topological polar surface area (TPSA) is 86.8 Å². The molecule has 2 aromatic carbocycles. The maximum Gasteiger partial charge on any atom is 0.348 e. The van der Waals surface area contributed by atoms with Crippen molar-refractivity contribution in [3.63, 3.8) is 0 Å². The van der Waals surface area contributed by atoms with Gasteiger partial charge in [0.1, 0.15) is 37.4 Å². The number of piperidine rings is 1. The minimum absolute atomic E-state index is 0.0902. The monoisotopic (exact) mass is 521 g/mol. The average Bonchev–Trinajstić information content (AvgIpc) is 3.10. The molecule has 2 aliphatic rings. The third-order valence-electron chi connectivity index (χ3n) is 7.56. The molecule has 2 aromatic rings. The van der Waals surface area contributed by atoms with Crippen LogP contribution in [0.2, 0.25) is 5.02 Å². The molecule has 4 amide bonds. The van der Waals surface area contributed by atoms with Crippen LogP contribution >= 0.6 is 11.6 Å². The maximum atomic E-state index is 15.0. The van der Waals surface area contributed by atoms with Gasteiger partial charge in [0.15, 0.2) is 0 Å². The Hall–Kier alpha value is -3.01. The Morgan fingerprint density at radius 1 is 1.11 bits per heavy atom. The number of nitrogens with zero attached hydrogens (tertiary/aromatic N) is 2. The highest BCUT2D eigenvalue weighted by Crippen LogP contribution is 2.34. The number of halogens is 3. The molecule has 0 bridgehead atoms. The molecule has 1 fully saturated rings. The SMILES string of the molecule is Bc1c(B)c2c(c(B)c1CN(B)C(=O)C(F)(F)c1ccc(Cl)cc1)C(B)N(C1CCC(=O)NC1=O)C2=O.